The fraction of sp³-hybridized carbons (Fsp3) is 0.438. The third-order valence-electron chi connectivity index (χ3n) is 4.13. The van der Waals surface area contributed by atoms with Gasteiger partial charge in [0.2, 0.25) is 0 Å². The Hall–Kier alpha value is -1.77. The predicted octanol–water partition coefficient (Wildman–Crippen LogP) is 3.23. The first kappa shape index (κ1) is 15.6. The first-order valence-electron chi connectivity index (χ1n) is 6.90. The number of rotatable bonds is 3. The van der Waals surface area contributed by atoms with Crippen molar-refractivity contribution >= 4 is 12.6 Å². The van der Waals surface area contributed by atoms with Gasteiger partial charge in [0.15, 0.2) is 0 Å². The second kappa shape index (κ2) is 5.55. The Morgan fingerprint density at radius 3 is 2.38 bits per heavy atom. The lowest BCUT2D eigenvalue weighted by Crippen LogP contribution is -2.41. The summed E-state index contributed by atoms with van der Waals surface area (Å²) in [6.45, 7) is 7.95. The lowest BCUT2D eigenvalue weighted by Gasteiger charge is -2.32. The first-order valence-corrected chi connectivity index (χ1v) is 6.90. The van der Waals surface area contributed by atoms with Gasteiger partial charge in [-0.2, -0.15) is 5.26 Å². The summed E-state index contributed by atoms with van der Waals surface area (Å²) in [5.74, 6) is 0.729. The van der Waals surface area contributed by atoms with Crippen molar-refractivity contribution in [1.29, 1.82) is 5.26 Å². The van der Waals surface area contributed by atoms with E-state index in [1.165, 1.54) is 6.08 Å². The summed E-state index contributed by atoms with van der Waals surface area (Å²) < 4.78 is 17.3. The zero-order chi connectivity index (χ0) is 15.7. The van der Waals surface area contributed by atoms with Crippen LogP contribution in [0.15, 0.2) is 30.3 Å². The molecular formula is C16H20BNO3. The van der Waals surface area contributed by atoms with E-state index >= 15 is 0 Å². The summed E-state index contributed by atoms with van der Waals surface area (Å²) in [4.78, 5) is 0. The van der Waals surface area contributed by atoms with Crippen LogP contribution in [-0.2, 0) is 9.31 Å². The SMILES string of the molecule is COc1cccc(/C(=C\C#N)B2OC(C)(C)C(C)(C)O2)c1. The van der Waals surface area contributed by atoms with E-state index < -0.39 is 18.3 Å². The lowest BCUT2D eigenvalue weighted by molar-refractivity contribution is 0.00578. The van der Waals surface area contributed by atoms with Crippen LogP contribution in [0.4, 0.5) is 0 Å². The molecule has 0 amide bonds. The number of nitriles is 1. The highest BCUT2D eigenvalue weighted by atomic mass is 16.7. The molecule has 0 spiro atoms. The second-order valence-corrected chi connectivity index (χ2v) is 6.05. The number of allylic oxidation sites excluding steroid dienone is 1. The predicted molar refractivity (Wildman–Crippen MR) is 82.7 cm³/mol. The van der Waals surface area contributed by atoms with Gasteiger partial charge in [0.1, 0.15) is 5.75 Å². The molecule has 1 aliphatic rings. The smallest absolute Gasteiger partial charge is 0.496 e. The maximum atomic E-state index is 9.08. The van der Waals surface area contributed by atoms with Gasteiger partial charge < -0.3 is 14.0 Å². The molecule has 0 N–H and O–H groups in total. The van der Waals surface area contributed by atoms with Gasteiger partial charge in [-0.3, -0.25) is 0 Å². The standard InChI is InChI=1S/C16H20BNO3/c1-15(2)16(3,4)21-17(20-15)14(9-10-18)12-7-6-8-13(11-12)19-5/h6-9,11H,1-5H3/b14-9+. The molecule has 0 bridgehead atoms. The Morgan fingerprint density at radius 2 is 1.86 bits per heavy atom. The van der Waals surface area contributed by atoms with Gasteiger partial charge in [0, 0.05) is 11.5 Å². The monoisotopic (exact) mass is 285 g/mol. The number of nitrogens with zero attached hydrogens (tertiary/aromatic N) is 1. The minimum Gasteiger partial charge on any atom is -0.497 e. The molecule has 0 radical (unpaired) electrons. The summed E-state index contributed by atoms with van der Waals surface area (Å²) in [5, 5.41) is 9.08. The molecule has 0 aliphatic carbocycles. The molecule has 1 aromatic carbocycles. The molecule has 1 heterocycles. The van der Waals surface area contributed by atoms with E-state index in [0.29, 0.717) is 5.47 Å². The Morgan fingerprint density at radius 1 is 1.24 bits per heavy atom. The zero-order valence-corrected chi connectivity index (χ0v) is 13.1. The van der Waals surface area contributed by atoms with Crippen LogP contribution in [0.5, 0.6) is 5.75 Å². The van der Waals surface area contributed by atoms with E-state index in [1.807, 2.05) is 52.0 Å². The van der Waals surface area contributed by atoms with Gasteiger partial charge in [-0.05, 0) is 45.4 Å². The Bertz CT molecular complexity index is 586. The molecule has 4 nitrogen and oxygen atoms in total. The maximum Gasteiger partial charge on any atom is 0.496 e. The average Bonchev–Trinajstić information content (AvgIpc) is 2.64. The van der Waals surface area contributed by atoms with E-state index in [2.05, 4.69) is 6.07 Å². The second-order valence-electron chi connectivity index (χ2n) is 6.05. The first-order chi connectivity index (χ1) is 9.80. The van der Waals surface area contributed by atoms with Crippen molar-refractivity contribution < 1.29 is 14.0 Å². The van der Waals surface area contributed by atoms with Crippen molar-refractivity contribution in [3.05, 3.63) is 35.9 Å². The molecule has 5 heteroatoms. The van der Waals surface area contributed by atoms with E-state index in [0.717, 1.165) is 11.3 Å². The van der Waals surface area contributed by atoms with E-state index in [4.69, 9.17) is 19.3 Å². The van der Waals surface area contributed by atoms with Crippen LogP contribution in [0.25, 0.3) is 5.47 Å². The zero-order valence-electron chi connectivity index (χ0n) is 13.1. The van der Waals surface area contributed by atoms with Crippen molar-refractivity contribution in [2.45, 2.75) is 38.9 Å². The fourth-order valence-electron chi connectivity index (χ4n) is 2.13. The molecule has 1 aliphatic heterocycles. The molecule has 0 atom stereocenters. The molecule has 0 unspecified atom stereocenters. The molecule has 21 heavy (non-hydrogen) atoms. The van der Waals surface area contributed by atoms with Crippen LogP contribution < -0.4 is 4.74 Å². The third-order valence-corrected chi connectivity index (χ3v) is 4.13. The Kier molecular flexibility index (Phi) is 4.13. The largest absolute Gasteiger partial charge is 0.497 e. The third kappa shape index (κ3) is 2.97. The quantitative estimate of drug-likeness (QED) is 0.632. The Balaban J connectivity index is 2.38. The van der Waals surface area contributed by atoms with Crippen LogP contribution >= 0.6 is 0 Å². The number of hydrogen-bond donors (Lipinski definition) is 0. The highest BCUT2D eigenvalue weighted by Gasteiger charge is 2.52. The van der Waals surface area contributed by atoms with Crippen molar-refractivity contribution in [2.75, 3.05) is 7.11 Å². The number of methoxy groups -OCH3 is 1. The molecule has 2 rings (SSSR count). The highest BCUT2D eigenvalue weighted by Crippen LogP contribution is 2.40. The van der Waals surface area contributed by atoms with Gasteiger partial charge in [-0.1, -0.05) is 12.1 Å². The van der Waals surface area contributed by atoms with E-state index in [-0.39, 0.29) is 0 Å². The number of benzene rings is 1. The van der Waals surface area contributed by atoms with Crippen LogP contribution in [0.2, 0.25) is 0 Å². The summed E-state index contributed by atoms with van der Waals surface area (Å²) in [6, 6.07) is 9.59. The van der Waals surface area contributed by atoms with Gasteiger partial charge in [0.25, 0.3) is 0 Å². The molecular weight excluding hydrogens is 265 g/mol. The summed E-state index contributed by atoms with van der Waals surface area (Å²) >= 11 is 0. The van der Waals surface area contributed by atoms with Crippen molar-refractivity contribution in [3.63, 3.8) is 0 Å². The Labute approximate surface area is 126 Å². The van der Waals surface area contributed by atoms with Gasteiger partial charge in [0.05, 0.1) is 24.4 Å². The molecule has 1 saturated heterocycles. The van der Waals surface area contributed by atoms with E-state index in [1.54, 1.807) is 7.11 Å². The minimum absolute atomic E-state index is 0.439. The topological polar surface area (TPSA) is 51.5 Å². The van der Waals surface area contributed by atoms with Gasteiger partial charge in [-0.25, -0.2) is 0 Å². The lowest BCUT2D eigenvalue weighted by atomic mass is 9.74. The normalized spacial score (nSPS) is 20.2. The minimum atomic E-state index is -0.568. The molecule has 110 valence electrons. The summed E-state index contributed by atoms with van der Waals surface area (Å²) in [5.41, 5.74) is 0.681. The highest BCUT2D eigenvalue weighted by molar-refractivity contribution is 6.69. The molecule has 1 fully saturated rings. The van der Waals surface area contributed by atoms with Crippen LogP contribution in [0, 0.1) is 11.3 Å². The summed E-state index contributed by atoms with van der Waals surface area (Å²) in [7, 11) is 1.04. The van der Waals surface area contributed by atoms with E-state index in [9.17, 15) is 0 Å². The van der Waals surface area contributed by atoms with Crippen LogP contribution in [0.3, 0.4) is 0 Å². The fourth-order valence-corrected chi connectivity index (χ4v) is 2.13. The van der Waals surface area contributed by atoms with Crippen molar-refractivity contribution in [3.8, 4) is 11.8 Å². The maximum absolute atomic E-state index is 9.08. The van der Waals surface area contributed by atoms with Crippen molar-refractivity contribution in [2.24, 2.45) is 0 Å². The van der Waals surface area contributed by atoms with Gasteiger partial charge in [-0.15, -0.1) is 0 Å². The van der Waals surface area contributed by atoms with Crippen molar-refractivity contribution in [1.82, 2.24) is 0 Å². The molecule has 0 saturated carbocycles. The summed E-state index contributed by atoms with van der Waals surface area (Å²) in [6.07, 6.45) is 1.47. The van der Waals surface area contributed by atoms with Gasteiger partial charge >= 0.3 is 7.12 Å². The van der Waals surface area contributed by atoms with Crippen LogP contribution in [0.1, 0.15) is 33.3 Å². The molecule has 1 aromatic rings. The van der Waals surface area contributed by atoms with Crippen LogP contribution in [-0.4, -0.2) is 25.4 Å². The number of hydrogen-bond acceptors (Lipinski definition) is 4. The number of ether oxygens (including phenoxy) is 1. The molecule has 0 aromatic heterocycles. The average molecular weight is 285 g/mol.